The number of anilines is 1. The molecule has 0 aliphatic heterocycles. The molecule has 0 fully saturated rings. The number of carbonyl (C=O) groups is 2. The van der Waals surface area contributed by atoms with E-state index in [4.69, 9.17) is 4.74 Å². The molecule has 0 spiro atoms. The fourth-order valence-electron chi connectivity index (χ4n) is 1.97. The van der Waals surface area contributed by atoms with Crippen molar-refractivity contribution < 1.29 is 19.4 Å². The molecule has 21 heavy (non-hydrogen) atoms. The SMILES string of the molecule is CCCCOC(=O)Nc1cccc(C(C)(C)C)c1C(=O)O. The van der Waals surface area contributed by atoms with Gasteiger partial charge in [-0.3, -0.25) is 5.32 Å². The molecule has 0 aliphatic carbocycles. The highest BCUT2D eigenvalue weighted by atomic mass is 16.5. The zero-order chi connectivity index (χ0) is 16.0. The molecular weight excluding hydrogens is 270 g/mol. The maximum Gasteiger partial charge on any atom is 0.411 e. The third kappa shape index (κ3) is 4.77. The molecule has 5 heteroatoms. The van der Waals surface area contributed by atoms with E-state index >= 15 is 0 Å². The van der Waals surface area contributed by atoms with E-state index in [1.54, 1.807) is 18.2 Å². The largest absolute Gasteiger partial charge is 0.478 e. The Labute approximate surface area is 125 Å². The number of hydrogen-bond donors (Lipinski definition) is 2. The van der Waals surface area contributed by atoms with Crippen LogP contribution in [-0.2, 0) is 10.2 Å². The van der Waals surface area contributed by atoms with Gasteiger partial charge in [-0.1, -0.05) is 46.2 Å². The molecule has 116 valence electrons. The van der Waals surface area contributed by atoms with Crippen LogP contribution in [0.25, 0.3) is 0 Å². The smallest absolute Gasteiger partial charge is 0.411 e. The lowest BCUT2D eigenvalue weighted by molar-refractivity contribution is 0.0695. The molecule has 0 unspecified atom stereocenters. The molecule has 0 saturated heterocycles. The second kappa shape index (κ2) is 7.11. The van der Waals surface area contributed by atoms with Gasteiger partial charge in [-0.25, -0.2) is 9.59 Å². The number of carbonyl (C=O) groups excluding carboxylic acids is 1. The highest BCUT2D eigenvalue weighted by molar-refractivity contribution is 6.00. The van der Waals surface area contributed by atoms with Gasteiger partial charge in [0.05, 0.1) is 17.9 Å². The lowest BCUT2D eigenvalue weighted by atomic mass is 9.83. The third-order valence-corrected chi connectivity index (χ3v) is 3.05. The molecule has 0 aromatic heterocycles. The maximum atomic E-state index is 11.7. The highest BCUT2D eigenvalue weighted by Gasteiger charge is 2.24. The van der Waals surface area contributed by atoms with E-state index in [9.17, 15) is 14.7 Å². The molecule has 0 bridgehead atoms. The Morgan fingerprint density at radius 3 is 2.48 bits per heavy atom. The molecular formula is C16H23NO4. The minimum atomic E-state index is -1.07. The van der Waals surface area contributed by atoms with Gasteiger partial charge in [0.25, 0.3) is 0 Å². The first-order valence-corrected chi connectivity index (χ1v) is 7.08. The monoisotopic (exact) mass is 293 g/mol. The van der Waals surface area contributed by atoms with Crippen molar-refractivity contribution in [1.82, 2.24) is 0 Å². The summed E-state index contributed by atoms with van der Waals surface area (Å²) in [6, 6.07) is 5.06. The Balaban J connectivity index is 3.02. The minimum Gasteiger partial charge on any atom is -0.478 e. The summed E-state index contributed by atoms with van der Waals surface area (Å²) in [5.74, 6) is -1.07. The van der Waals surface area contributed by atoms with Gasteiger partial charge < -0.3 is 9.84 Å². The van der Waals surface area contributed by atoms with Crippen molar-refractivity contribution in [3.8, 4) is 0 Å². The summed E-state index contributed by atoms with van der Waals surface area (Å²) in [5, 5.41) is 12.0. The standard InChI is InChI=1S/C16H23NO4/c1-5-6-10-21-15(20)17-12-9-7-8-11(16(2,3)4)13(12)14(18)19/h7-9H,5-6,10H2,1-4H3,(H,17,20)(H,18,19). The maximum absolute atomic E-state index is 11.7. The summed E-state index contributed by atoms with van der Waals surface area (Å²) in [5.41, 5.74) is 0.701. The number of ether oxygens (including phenoxy) is 1. The molecule has 5 nitrogen and oxygen atoms in total. The van der Waals surface area contributed by atoms with Gasteiger partial charge in [0.1, 0.15) is 0 Å². The first-order valence-electron chi connectivity index (χ1n) is 7.08. The van der Waals surface area contributed by atoms with E-state index in [-0.39, 0.29) is 16.7 Å². The van der Waals surface area contributed by atoms with Gasteiger partial charge in [-0.2, -0.15) is 0 Å². The predicted molar refractivity (Wildman–Crippen MR) is 82.0 cm³/mol. The van der Waals surface area contributed by atoms with Crippen LogP contribution in [0.15, 0.2) is 18.2 Å². The number of carboxylic acid groups (broad SMARTS) is 1. The number of aromatic carboxylic acids is 1. The van der Waals surface area contributed by atoms with E-state index in [0.717, 1.165) is 12.8 Å². The molecule has 0 aliphatic rings. The van der Waals surface area contributed by atoms with Crippen LogP contribution >= 0.6 is 0 Å². The van der Waals surface area contributed by atoms with Gasteiger partial charge >= 0.3 is 12.1 Å². The number of rotatable bonds is 5. The second-order valence-electron chi connectivity index (χ2n) is 5.90. The number of benzene rings is 1. The summed E-state index contributed by atoms with van der Waals surface area (Å²) in [7, 11) is 0. The Bertz CT molecular complexity index is 517. The lowest BCUT2D eigenvalue weighted by Gasteiger charge is -2.23. The van der Waals surface area contributed by atoms with Crippen molar-refractivity contribution in [2.24, 2.45) is 0 Å². The summed E-state index contributed by atoms with van der Waals surface area (Å²) < 4.78 is 5.00. The first-order chi connectivity index (χ1) is 9.77. The fraction of sp³-hybridized carbons (Fsp3) is 0.500. The number of carboxylic acids is 1. The second-order valence-corrected chi connectivity index (χ2v) is 5.90. The summed E-state index contributed by atoms with van der Waals surface area (Å²) in [6.45, 7) is 8.11. The van der Waals surface area contributed by atoms with Crippen molar-refractivity contribution in [3.63, 3.8) is 0 Å². The Morgan fingerprint density at radius 2 is 1.95 bits per heavy atom. The topological polar surface area (TPSA) is 75.6 Å². The summed E-state index contributed by atoms with van der Waals surface area (Å²) in [4.78, 5) is 23.2. The van der Waals surface area contributed by atoms with E-state index in [2.05, 4.69) is 5.32 Å². The van der Waals surface area contributed by atoms with E-state index in [0.29, 0.717) is 12.2 Å². The third-order valence-electron chi connectivity index (χ3n) is 3.05. The van der Waals surface area contributed by atoms with Crippen LogP contribution in [0, 0.1) is 0 Å². The number of hydrogen-bond acceptors (Lipinski definition) is 3. The van der Waals surface area contributed by atoms with E-state index in [1.807, 2.05) is 27.7 Å². The average molecular weight is 293 g/mol. The molecule has 1 aromatic rings. The van der Waals surface area contributed by atoms with Crippen LogP contribution in [0.1, 0.15) is 56.5 Å². The molecule has 1 aromatic carbocycles. The van der Waals surface area contributed by atoms with Crippen LogP contribution in [-0.4, -0.2) is 23.8 Å². The minimum absolute atomic E-state index is 0.109. The zero-order valence-electron chi connectivity index (χ0n) is 13.0. The Morgan fingerprint density at radius 1 is 1.29 bits per heavy atom. The van der Waals surface area contributed by atoms with Gasteiger partial charge in [0, 0.05) is 0 Å². The lowest BCUT2D eigenvalue weighted by Crippen LogP contribution is -2.21. The molecule has 0 atom stereocenters. The fourth-order valence-corrected chi connectivity index (χ4v) is 1.97. The van der Waals surface area contributed by atoms with Crippen molar-refractivity contribution in [2.45, 2.75) is 46.0 Å². The normalized spacial score (nSPS) is 11.0. The number of amides is 1. The molecule has 0 radical (unpaired) electrons. The number of nitrogens with one attached hydrogen (secondary N) is 1. The predicted octanol–water partition coefficient (Wildman–Crippen LogP) is 4.03. The molecule has 0 heterocycles. The quantitative estimate of drug-likeness (QED) is 0.804. The summed E-state index contributed by atoms with van der Waals surface area (Å²) >= 11 is 0. The van der Waals surface area contributed by atoms with Crippen molar-refractivity contribution in [1.29, 1.82) is 0 Å². The summed E-state index contributed by atoms with van der Waals surface area (Å²) in [6.07, 6.45) is 1.08. The average Bonchev–Trinajstić information content (AvgIpc) is 2.37. The van der Waals surface area contributed by atoms with Crippen molar-refractivity contribution in [3.05, 3.63) is 29.3 Å². The molecule has 2 N–H and O–H groups in total. The van der Waals surface area contributed by atoms with Crippen LogP contribution in [0.3, 0.4) is 0 Å². The van der Waals surface area contributed by atoms with Gasteiger partial charge in [0.15, 0.2) is 0 Å². The van der Waals surface area contributed by atoms with Crippen molar-refractivity contribution in [2.75, 3.05) is 11.9 Å². The number of unbranched alkanes of at least 4 members (excludes halogenated alkanes) is 1. The Hall–Kier alpha value is -2.04. The van der Waals surface area contributed by atoms with Gasteiger partial charge in [0.2, 0.25) is 0 Å². The van der Waals surface area contributed by atoms with E-state index in [1.165, 1.54) is 0 Å². The first kappa shape index (κ1) is 17.0. The highest BCUT2D eigenvalue weighted by Crippen LogP contribution is 2.30. The van der Waals surface area contributed by atoms with Gasteiger partial charge in [-0.15, -0.1) is 0 Å². The van der Waals surface area contributed by atoms with Crippen molar-refractivity contribution >= 4 is 17.7 Å². The van der Waals surface area contributed by atoms with Gasteiger partial charge in [-0.05, 0) is 23.5 Å². The molecule has 1 rings (SSSR count). The zero-order valence-corrected chi connectivity index (χ0v) is 13.0. The molecule has 1 amide bonds. The van der Waals surface area contributed by atoms with E-state index < -0.39 is 12.1 Å². The van der Waals surface area contributed by atoms with Crippen LogP contribution < -0.4 is 5.32 Å². The van der Waals surface area contributed by atoms with Crippen LogP contribution in [0.4, 0.5) is 10.5 Å². The van der Waals surface area contributed by atoms with Crippen LogP contribution in [0.2, 0.25) is 0 Å². The molecule has 0 saturated carbocycles. The van der Waals surface area contributed by atoms with Crippen LogP contribution in [0.5, 0.6) is 0 Å². The Kier molecular flexibility index (Phi) is 5.76.